The van der Waals surface area contributed by atoms with E-state index in [9.17, 15) is 4.79 Å². The van der Waals surface area contributed by atoms with E-state index in [1.54, 1.807) is 11.8 Å². The molecule has 2 aromatic carbocycles. The fraction of sp³-hybridized carbons (Fsp3) is 0.250. The van der Waals surface area contributed by atoms with Crippen molar-refractivity contribution >= 4 is 40.8 Å². The summed E-state index contributed by atoms with van der Waals surface area (Å²) in [6.45, 7) is 3.99. The van der Waals surface area contributed by atoms with Gasteiger partial charge in [0.25, 0.3) is 0 Å². The van der Waals surface area contributed by atoms with Crippen LogP contribution in [0.15, 0.2) is 69.3 Å². The number of aromatic nitrogens is 2. The highest BCUT2D eigenvalue weighted by molar-refractivity contribution is 8.03. The van der Waals surface area contributed by atoms with Gasteiger partial charge < -0.3 is 5.32 Å². The molecule has 1 N–H and O–H groups in total. The van der Waals surface area contributed by atoms with Crippen LogP contribution in [0.2, 0.25) is 0 Å². The van der Waals surface area contributed by atoms with Crippen molar-refractivity contribution in [3.8, 4) is 0 Å². The Balaban J connectivity index is 1.72. The lowest BCUT2D eigenvalue weighted by Gasteiger charge is -2.21. The van der Waals surface area contributed by atoms with Crippen molar-refractivity contribution in [3.63, 3.8) is 0 Å². The van der Waals surface area contributed by atoms with E-state index < -0.39 is 0 Å². The molecule has 27 heavy (non-hydrogen) atoms. The third kappa shape index (κ3) is 5.57. The molecule has 1 atom stereocenters. The van der Waals surface area contributed by atoms with E-state index in [1.165, 1.54) is 23.1 Å². The van der Waals surface area contributed by atoms with Gasteiger partial charge in [0.15, 0.2) is 8.68 Å². The first-order chi connectivity index (χ1) is 13.2. The molecule has 4 nitrogen and oxygen atoms in total. The first-order valence-corrected chi connectivity index (χ1v) is 11.4. The molecule has 0 fully saturated rings. The number of amides is 1. The normalized spacial score (nSPS) is 12.1. The Morgan fingerprint density at radius 1 is 1.00 bits per heavy atom. The molecule has 1 amide bonds. The van der Waals surface area contributed by atoms with Crippen molar-refractivity contribution in [1.29, 1.82) is 0 Å². The first-order valence-electron chi connectivity index (χ1n) is 8.70. The van der Waals surface area contributed by atoms with E-state index in [0.29, 0.717) is 0 Å². The van der Waals surface area contributed by atoms with Crippen molar-refractivity contribution in [2.45, 2.75) is 33.8 Å². The molecular formula is C20H21N3OS3. The van der Waals surface area contributed by atoms with Crippen LogP contribution in [0.1, 0.15) is 31.0 Å². The molecule has 0 saturated carbocycles. The van der Waals surface area contributed by atoms with Crippen LogP contribution in [0.5, 0.6) is 0 Å². The Kier molecular flexibility index (Phi) is 7.32. The highest BCUT2D eigenvalue weighted by Crippen LogP contribution is 2.31. The molecule has 0 radical (unpaired) electrons. The summed E-state index contributed by atoms with van der Waals surface area (Å²) < 4.78 is 1.77. The molecular weight excluding hydrogens is 394 g/mol. The fourth-order valence-electron chi connectivity index (χ4n) is 2.54. The van der Waals surface area contributed by atoms with Gasteiger partial charge in [-0.1, -0.05) is 102 Å². The second-order valence-electron chi connectivity index (χ2n) is 5.79. The highest BCUT2D eigenvalue weighted by Gasteiger charge is 2.22. The second-order valence-corrected chi connectivity index (χ2v) is 9.87. The third-order valence-electron chi connectivity index (χ3n) is 3.85. The molecule has 0 aliphatic heterocycles. The van der Waals surface area contributed by atoms with Crippen molar-refractivity contribution < 1.29 is 4.79 Å². The molecule has 1 aromatic heterocycles. The molecule has 140 valence electrons. The summed E-state index contributed by atoms with van der Waals surface area (Å²) in [5.74, 6) is 0.947. The monoisotopic (exact) mass is 415 g/mol. The van der Waals surface area contributed by atoms with Crippen LogP contribution in [0.3, 0.4) is 0 Å². The average molecular weight is 416 g/mol. The maximum atomic E-state index is 12.9. The zero-order chi connectivity index (χ0) is 19.1. The predicted molar refractivity (Wildman–Crippen MR) is 114 cm³/mol. The summed E-state index contributed by atoms with van der Waals surface area (Å²) in [5, 5.41) is 11.3. The van der Waals surface area contributed by atoms with Crippen LogP contribution in [0.4, 0.5) is 0 Å². The minimum Gasteiger partial charge on any atom is -0.344 e. The Morgan fingerprint density at radius 3 is 2.11 bits per heavy atom. The van der Waals surface area contributed by atoms with Gasteiger partial charge in [0.2, 0.25) is 5.91 Å². The molecule has 0 spiro atoms. The van der Waals surface area contributed by atoms with Gasteiger partial charge in [-0.15, -0.1) is 10.2 Å². The quantitative estimate of drug-likeness (QED) is 0.523. The summed E-state index contributed by atoms with van der Waals surface area (Å²) in [6, 6.07) is 19.9. The Labute approximate surface area is 172 Å². The Morgan fingerprint density at radius 2 is 1.56 bits per heavy atom. The van der Waals surface area contributed by atoms with Crippen LogP contribution in [0, 0.1) is 0 Å². The SMILES string of the molecule is CCSc1nnc(SC(C)C(=O)NC(c2ccccc2)c2ccccc2)s1. The largest absolute Gasteiger partial charge is 0.344 e. The zero-order valence-corrected chi connectivity index (χ0v) is 17.6. The number of carbonyl (C=O) groups is 1. The van der Waals surface area contributed by atoms with Crippen LogP contribution in [0.25, 0.3) is 0 Å². The van der Waals surface area contributed by atoms with E-state index in [2.05, 4.69) is 22.4 Å². The minimum atomic E-state index is -0.257. The molecule has 0 aliphatic carbocycles. The topological polar surface area (TPSA) is 54.9 Å². The summed E-state index contributed by atoms with van der Waals surface area (Å²) in [6.07, 6.45) is 0. The van der Waals surface area contributed by atoms with Gasteiger partial charge in [0.05, 0.1) is 11.3 Å². The maximum Gasteiger partial charge on any atom is 0.234 e. The molecule has 1 unspecified atom stereocenters. The zero-order valence-electron chi connectivity index (χ0n) is 15.2. The molecule has 1 heterocycles. The van der Waals surface area contributed by atoms with E-state index in [1.807, 2.05) is 67.6 Å². The average Bonchev–Trinajstić information content (AvgIpc) is 3.14. The van der Waals surface area contributed by atoms with Gasteiger partial charge in [-0.05, 0) is 23.8 Å². The highest BCUT2D eigenvalue weighted by atomic mass is 32.2. The fourth-order valence-corrected chi connectivity index (χ4v) is 5.61. The first kappa shape index (κ1) is 19.9. The van der Waals surface area contributed by atoms with Crippen LogP contribution in [-0.2, 0) is 4.79 Å². The minimum absolute atomic E-state index is 0.0161. The van der Waals surface area contributed by atoms with Crippen LogP contribution < -0.4 is 5.32 Å². The van der Waals surface area contributed by atoms with Gasteiger partial charge in [-0.3, -0.25) is 4.79 Å². The Bertz CT molecular complexity index is 816. The summed E-state index contributed by atoms with van der Waals surface area (Å²) >= 11 is 4.66. The summed E-state index contributed by atoms with van der Waals surface area (Å²) in [5.41, 5.74) is 2.12. The number of carbonyl (C=O) groups excluding carboxylic acids is 1. The smallest absolute Gasteiger partial charge is 0.234 e. The molecule has 7 heteroatoms. The van der Waals surface area contributed by atoms with Gasteiger partial charge in [-0.25, -0.2) is 0 Å². The summed E-state index contributed by atoms with van der Waals surface area (Å²) in [4.78, 5) is 12.9. The van der Waals surface area contributed by atoms with E-state index >= 15 is 0 Å². The van der Waals surface area contributed by atoms with Crippen LogP contribution in [-0.4, -0.2) is 27.1 Å². The van der Waals surface area contributed by atoms with E-state index in [-0.39, 0.29) is 17.2 Å². The lowest BCUT2D eigenvalue weighted by Crippen LogP contribution is -2.34. The van der Waals surface area contributed by atoms with Crippen molar-refractivity contribution in [1.82, 2.24) is 15.5 Å². The van der Waals surface area contributed by atoms with E-state index in [4.69, 9.17) is 0 Å². The van der Waals surface area contributed by atoms with Crippen molar-refractivity contribution in [2.24, 2.45) is 0 Å². The van der Waals surface area contributed by atoms with Gasteiger partial charge in [0, 0.05) is 0 Å². The summed E-state index contributed by atoms with van der Waals surface area (Å²) in [7, 11) is 0. The standard InChI is InChI=1S/C20H21N3OS3/c1-3-25-19-22-23-20(27-19)26-14(2)18(24)21-17(15-10-6-4-7-11-15)16-12-8-5-9-13-16/h4-14,17H,3H2,1-2H3,(H,21,24). The Hall–Kier alpha value is -1.83. The predicted octanol–water partition coefficient (Wildman–Crippen LogP) is 5.04. The number of hydrogen-bond donors (Lipinski definition) is 1. The third-order valence-corrected chi connectivity index (χ3v) is 6.98. The molecule has 0 aliphatic rings. The van der Waals surface area contributed by atoms with Gasteiger partial charge in [0.1, 0.15) is 0 Å². The van der Waals surface area contributed by atoms with Crippen molar-refractivity contribution in [3.05, 3.63) is 71.8 Å². The van der Waals surface area contributed by atoms with Crippen molar-refractivity contribution in [2.75, 3.05) is 5.75 Å². The van der Waals surface area contributed by atoms with Crippen LogP contribution >= 0.6 is 34.9 Å². The number of hydrogen-bond acceptors (Lipinski definition) is 6. The lowest BCUT2D eigenvalue weighted by atomic mass is 9.98. The lowest BCUT2D eigenvalue weighted by molar-refractivity contribution is -0.120. The van der Waals surface area contributed by atoms with E-state index in [0.717, 1.165) is 25.6 Å². The van der Waals surface area contributed by atoms with Gasteiger partial charge >= 0.3 is 0 Å². The maximum absolute atomic E-state index is 12.9. The van der Waals surface area contributed by atoms with Gasteiger partial charge in [-0.2, -0.15) is 0 Å². The molecule has 3 aromatic rings. The number of nitrogens with zero attached hydrogens (tertiary/aromatic N) is 2. The number of rotatable bonds is 8. The molecule has 3 rings (SSSR count). The molecule has 0 bridgehead atoms. The number of thioether (sulfide) groups is 2. The number of nitrogens with one attached hydrogen (secondary N) is 1. The number of benzene rings is 2. The molecule has 0 saturated heterocycles. The second kappa shape index (κ2) is 9.92.